The molecule has 138 valence electrons. The van der Waals surface area contributed by atoms with Gasteiger partial charge in [-0.1, -0.05) is 36.4 Å². The van der Waals surface area contributed by atoms with Crippen molar-refractivity contribution in [1.82, 2.24) is 9.80 Å². The molecule has 2 aromatic rings. The van der Waals surface area contributed by atoms with E-state index in [1.165, 1.54) is 12.1 Å². The van der Waals surface area contributed by atoms with Gasteiger partial charge in [0, 0.05) is 38.4 Å². The van der Waals surface area contributed by atoms with Crippen molar-refractivity contribution < 1.29 is 13.2 Å². The van der Waals surface area contributed by atoms with Gasteiger partial charge in [0.05, 0.1) is 5.56 Å². The van der Waals surface area contributed by atoms with Gasteiger partial charge in [0.25, 0.3) is 0 Å². The number of hydrogen-bond donors (Lipinski definition) is 1. The van der Waals surface area contributed by atoms with Crippen molar-refractivity contribution in [2.24, 2.45) is 0 Å². The largest absolute Gasteiger partial charge is 0.416 e. The zero-order valence-electron chi connectivity index (χ0n) is 14.2. The summed E-state index contributed by atoms with van der Waals surface area (Å²) >= 11 is 5.45. The monoisotopic (exact) mass is 379 g/mol. The summed E-state index contributed by atoms with van der Waals surface area (Å²) in [6, 6.07) is 15.3. The maximum atomic E-state index is 12.8. The Hall–Kier alpha value is -2.12. The second-order valence-corrected chi connectivity index (χ2v) is 6.64. The summed E-state index contributed by atoms with van der Waals surface area (Å²) in [5.74, 6) is 0. The van der Waals surface area contributed by atoms with Crippen molar-refractivity contribution in [2.45, 2.75) is 12.7 Å². The molecule has 26 heavy (non-hydrogen) atoms. The van der Waals surface area contributed by atoms with E-state index in [2.05, 4.69) is 15.1 Å². The van der Waals surface area contributed by atoms with Crippen molar-refractivity contribution in [3.05, 3.63) is 65.7 Å². The third kappa shape index (κ3) is 4.95. The van der Waals surface area contributed by atoms with Crippen LogP contribution < -0.4 is 5.32 Å². The third-order valence-corrected chi connectivity index (χ3v) is 4.71. The molecule has 0 aliphatic carbocycles. The first kappa shape index (κ1) is 18.7. The highest BCUT2D eigenvalue weighted by atomic mass is 32.1. The quantitative estimate of drug-likeness (QED) is 0.805. The standard InChI is InChI=1S/C19H20F3N3S/c20-19(21,22)16-6-4-5-15(13-16)14-24-9-11-25(12-10-24)18(26)23-17-7-2-1-3-8-17/h1-8,13H,9-12,14H2,(H,23,26). The fourth-order valence-corrected chi connectivity index (χ4v) is 3.24. The molecule has 0 saturated carbocycles. The van der Waals surface area contributed by atoms with Crippen LogP contribution >= 0.6 is 12.2 Å². The van der Waals surface area contributed by atoms with E-state index in [9.17, 15) is 13.2 Å². The first-order chi connectivity index (χ1) is 12.4. The second kappa shape index (κ2) is 8.05. The maximum absolute atomic E-state index is 12.8. The summed E-state index contributed by atoms with van der Waals surface area (Å²) in [5, 5.41) is 3.89. The fourth-order valence-electron chi connectivity index (χ4n) is 2.94. The van der Waals surface area contributed by atoms with E-state index in [1.54, 1.807) is 6.07 Å². The Kier molecular flexibility index (Phi) is 5.78. The number of rotatable bonds is 3. The number of thiocarbonyl (C=S) groups is 1. The number of benzene rings is 2. The van der Waals surface area contributed by atoms with Gasteiger partial charge in [-0.2, -0.15) is 13.2 Å². The molecule has 2 aromatic carbocycles. The van der Waals surface area contributed by atoms with Crippen LogP contribution in [0.25, 0.3) is 0 Å². The van der Waals surface area contributed by atoms with E-state index in [0.29, 0.717) is 17.2 Å². The molecule has 3 nitrogen and oxygen atoms in total. The van der Waals surface area contributed by atoms with Crippen molar-refractivity contribution in [1.29, 1.82) is 0 Å². The summed E-state index contributed by atoms with van der Waals surface area (Å²) in [5.41, 5.74) is 1.03. The van der Waals surface area contributed by atoms with Crippen LogP contribution in [0.5, 0.6) is 0 Å². The summed E-state index contributed by atoms with van der Waals surface area (Å²) in [4.78, 5) is 4.24. The lowest BCUT2D eigenvalue weighted by atomic mass is 10.1. The van der Waals surface area contributed by atoms with Gasteiger partial charge in [0.1, 0.15) is 0 Å². The Labute approximate surface area is 156 Å². The van der Waals surface area contributed by atoms with Gasteiger partial charge < -0.3 is 10.2 Å². The molecule has 1 aliphatic heterocycles. The Morgan fingerprint density at radius 1 is 0.962 bits per heavy atom. The van der Waals surface area contributed by atoms with Crippen LogP contribution in [-0.2, 0) is 12.7 Å². The number of anilines is 1. The predicted molar refractivity (Wildman–Crippen MR) is 101 cm³/mol. The smallest absolute Gasteiger partial charge is 0.346 e. The summed E-state index contributed by atoms with van der Waals surface area (Å²) < 4.78 is 38.5. The van der Waals surface area contributed by atoms with Crippen molar-refractivity contribution in [3.8, 4) is 0 Å². The lowest BCUT2D eigenvalue weighted by molar-refractivity contribution is -0.137. The average molecular weight is 379 g/mol. The Balaban J connectivity index is 1.52. The number of halogens is 3. The molecule has 0 amide bonds. The Morgan fingerprint density at radius 3 is 2.31 bits per heavy atom. The average Bonchev–Trinajstić information content (AvgIpc) is 2.63. The molecule has 1 aliphatic rings. The van der Waals surface area contributed by atoms with E-state index in [0.717, 1.165) is 37.9 Å². The van der Waals surface area contributed by atoms with Gasteiger partial charge >= 0.3 is 6.18 Å². The molecule has 7 heteroatoms. The van der Waals surface area contributed by atoms with Gasteiger partial charge in [-0.25, -0.2) is 0 Å². The Bertz CT molecular complexity index is 741. The summed E-state index contributed by atoms with van der Waals surface area (Å²) in [6.45, 7) is 3.52. The van der Waals surface area contributed by atoms with Crippen LogP contribution in [0, 0.1) is 0 Å². The van der Waals surface area contributed by atoms with Gasteiger partial charge in [0.15, 0.2) is 5.11 Å². The molecular weight excluding hydrogens is 359 g/mol. The first-order valence-corrected chi connectivity index (χ1v) is 8.82. The minimum atomic E-state index is -4.30. The predicted octanol–water partition coefficient (Wildman–Crippen LogP) is 4.22. The first-order valence-electron chi connectivity index (χ1n) is 8.41. The molecule has 0 atom stereocenters. The zero-order chi connectivity index (χ0) is 18.6. The molecule has 1 saturated heterocycles. The molecule has 0 radical (unpaired) electrons. The highest BCUT2D eigenvalue weighted by molar-refractivity contribution is 7.80. The fraction of sp³-hybridized carbons (Fsp3) is 0.316. The molecule has 0 unspecified atom stereocenters. The minimum absolute atomic E-state index is 0.511. The van der Waals surface area contributed by atoms with Crippen molar-refractivity contribution in [2.75, 3.05) is 31.5 Å². The number of nitrogens with zero attached hydrogens (tertiary/aromatic N) is 2. The zero-order valence-corrected chi connectivity index (χ0v) is 15.0. The van der Waals surface area contributed by atoms with Gasteiger partial charge in [0.2, 0.25) is 0 Å². The molecule has 1 N–H and O–H groups in total. The maximum Gasteiger partial charge on any atom is 0.416 e. The highest BCUT2D eigenvalue weighted by Gasteiger charge is 2.30. The van der Waals surface area contributed by atoms with Gasteiger partial charge in [-0.15, -0.1) is 0 Å². The van der Waals surface area contributed by atoms with Gasteiger partial charge in [-0.05, 0) is 36.0 Å². The number of hydrogen-bond acceptors (Lipinski definition) is 2. The molecule has 0 aromatic heterocycles. The summed E-state index contributed by atoms with van der Waals surface area (Å²) in [7, 11) is 0. The Morgan fingerprint density at radius 2 is 1.65 bits per heavy atom. The normalized spacial score (nSPS) is 15.7. The van der Waals surface area contributed by atoms with E-state index in [1.807, 2.05) is 30.3 Å². The lowest BCUT2D eigenvalue weighted by Gasteiger charge is -2.36. The van der Waals surface area contributed by atoms with Crippen LogP contribution in [0.1, 0.15) is 11.1 Å². The van der Waals surface area contributed by atoms with Crippen LogP contribution in [0.3, 0.4) is 0 Å². The molecular formula is C19H20F3N3S. The van der Waals surface area contributed by atoms with Crippen molar-refractivity contribution in [3.63, 3.8) is 0 Å². The number of alkyl halides is 3. The molecule has 0 spiro atoms. The van der Waals surface area contributed by atoms with E-state index in [4.69, 9.17) is 12.2 Å². The number of nitrogens with one attached hydrogen (secondary N) is 1. The molecule has 1 heterocycles. The van der Waals surface area contributed by atoms with Crippen LogP contribution in [0.4, 0.5) is 18.9 Å². The van der Waals surface area contributed by atoms with Crippen LogP contribution in [-0.4, -0.2) is 41.1 Å². The highest BCUT2D eigenvalue weighted by Crippen LogP contribution is 2.29. The van der Waals surface area contributed by atoms with E-state index < -0.39 is 11.7 Å². The summed E-state index contributed by atoms with van der Waals surface area (Å²) in [6.07, 6.45) is -4.30. The number of piperazine rings is 1. The third-order valence-electron chi connectivity index (χ3n) is 4.35. The molecule has 3 rings (SSSR count). The van der Waals surface area contributed by atoms with Gasteiger partial charge in [-0.3, -0.25) is 4.90 Å². The SMILES string of the molecule is FC(F)(F)c1cccc(CN2CCN(C(=S)Nc3ccccc3)CC2)c1. The van der Waals surface area contributed by atoms with E-state index >= 15 is 0 Å². The van der Waals surface area contributed by atoms with Crippen LogP contribution in [0.15, 0.2) is 54.6 Å². The molecule has 1 fully saturated rings. The van der Waals surface area contributed by atoms with Crippen molar-refractivity contribution >= 4 is 23.0 Å². The van der Waals surface area contributed by atoms with Crippen LogP contribution in [0.2, 0.25) is 0 Å². The number of para-hydroxylation sites is 1. The lowest BCUT2D eigenvalue weighted by Crippen LogP contribution is -2.49. The second-order valence-electron chi connectivity index (χ2n) is 6.26. The minimum Gasteiger partial charge on any atom is -0.346 e. The topological polar surface area (TPSA) is 18.5 Å². The van der Waals surface area contributed by atoms with E-state index in [-0.39, 0.29) is 0 Å². The molecule has 0 bridgehead atoms.